The highest BCUT2D eigenvalue weighted by Gasteiger charge is 2.25. The van der Waals surface area contributed by atoms with Crippen LogP contribution in [0.3, 0.4) is 0 Å². The standard InChI is InChI=1S/C15H17F2N5O2/c16-14(17)24-11-3-1-10(2-4-11)20-13(23)12-5-6-19-15(21-12)22-8-7-18-9-22/h5-11,14H,1-4H2,(H,20,23). The maximum absolute atomic E-state index is 12.3. The number of alkyl halides is 2. The SMILES string of the molecule is O=C(NC1CCC(OC(F)F)CC1)c1ccnc(-n2ccnc2)n1. The summed E-state index contributed by atoms with van der Waals surface area (Å²) in [4.78, 5) is 24.5. The first-order valence-corrected chi connectivity index (χ1v) is 7.67. The van der Waals surface area contributed by atoms with Crippen molar-refractivity contribution >= 4 is 5.91 Å². The summed E-state index contributed by atoms with van der Waals surface area (Å²) in [6, 6.07) is 1.46. The third-order valence-electron chi connectivity index (χ3n) is 3.92. The number of rotatable bonds is 5. The minimum atomic E-state index is -2.75. The molecule has 3 rings (SSSR count). The molecule has 1 saturated carbocycles. The summed E-state index contributed by atoms with van der Waals surface area (Å²) < 4.78 is 30.5. The van der Waals surface area contributed by atoms with Crippen LogP contribution in [0, 0.1) is 0 Å². The second-order valence-corrected chi connectivity index (χ2v) is 5.56. The molecule has 0 saturated heterocycles. The largest absolute Gasteiger partial charge is 0.348 e. The van der Waals surface area contributed by atoms with Crippen molar-refractivity contribution in [3.05, 3.63) is 36.7 Å². The highest BCUT2D eigenvalue weighted by atomic mass is 19.3. The van der Waals surface area contributed by atoms with E-state index in [1.54, 1.807) is 23.3 Å². The van der Waals surface area contributed by atoms with Gasteiger partial charge in [-0.3, -0.25) is 9.36 Å². The lowest BCUT2D eigenvalue weighted by atomic mass is 9.93. The molecule has 0 aliphatic heterocycles. The molecule has 7 nitrogen and oxygen atoms in total. The lowest BCUT2D eigenvalue weighted by Gasteiger charge is -2.28. The second-order valence-electron chi connectivity index (χ2n) is 5.56. The van der Waals surface area contributed by atoms with Gasteiger partial charge in [0.25, 0.3) is 5.91 Å². The van der Waals surface area contributed by atoms with Crippen LogP contribution in [-0.4, -0.2) is 44.2 Å². The van der Waals surface area contributed by atoms with E-state index in [4.69, 9.17) is 0 Å². The van der Waals surface area contributed by atoms with Crippen LogP contribution in [0.15, 0.2) is 31.0 Å². The van der Waals surface area contributed by atoms with Gasteiger partial charge in [-0.2, -0.15) is 8.78 Å². The number of halogens is 2. The number of hydrogen-bond donors (Lipinski definition) is 1. The molecule has 1 N–H and O–H groups in total. The lowest BCUT2D eigenvalue weighted by Crippen LogP contribution is -2.39. The first-order valence-electron chi connectivity index (χ1n) is 7.67. The van der Waals surface area contributed by atoms with E-state index < -0.39 is 12.7 Å². The van der Waals surface area contributed by atoms with Crippen molar-refractivity contribution < 1.29 is 18.3 Å². The number of aromatic nitrogens is 4. The molecule has 1 aliphatic carbocycles. The Bertz CT molecular complexity index is 672. The molecular formula is C15H17F2N5O2. The van der Waals surface area contributed by atoms with Crippen LogP contribution in [0.4, 0.5) is 8.78 Å². The second kappa shape index (κ2) is 7.43. The van der Waals surface area contributed by atoms with Gasteiger partial charge >= 0.3 is 6.61 Å². The Labute approximate surface area is 137 Å². The van der Waals surface area contributed by atoms with Gasteiger partial charge in [-0.15, -0.1) is 0 Å². The lowest BCUT2D eigenvalue weighted by molar-refractivity contribution is -0.170. The van der Waals surface area contributed by atoms with E-state index in [9.17, 15) is 13.6 Å². The van der Waals surface area contributed by atoms with Crippen molar-refractivity contribution in [2.45, 2.75) is 44.4 Å². The van der Waals surface area contributed by atoms with E-state index >= 15 is 0 Å². The predicted octanol–water partition coefficient (Wildman–Crippen LogP) is 1.94. The normalized spacial score (nSPS) is 21.0. The number of carbonyl (C=O) groups is 1. The zero-order valence-corrected chi connectivity index (χ0v) is 12.8. The summed E-state index contributed by atoms with van der Waals surface area (Å²) in [5, 5.41) is 2.88. The van der Waals surface area contributed by atoms with E-state index in [1.807, 2.05) is 0 Å². The molecule has 0 bridgehead atoms. The Kier molecular flexibility index (Phi) is 5.09. The average Bonchev–Trinajstić information content (AvgIpc) is 3.11. The number of ether oxygens (including phenoxy) is 1. The number of amides is 1. The summed E-state index contributed by atoms with van der Waals surface area (Å²) in [6.45, 7) is -2.75. The van der Waals surface area contributed by atoms with Gasteiger partial charge in [0.05, 0.1) is 6.10 Å². The van der Waals surface area contributed by atoms with Crippen LogP contribution >= 0.6 is 0 Å². The Hall–Kier alpha value is -2.42. The molecule has 128 valence electrons. The molecule has 9 heteroatoms. The molecule has 0 spiro atoms. The molecule has 2 heterocycles. The topological polar surface area (TPSA) is 81.9 Å². The minimum absolute atomic E-state index is 0.0679. The first-order chi connectivity index (χ1) is 11.6. The zero-order chi connectivity index (χ0) is 16.9. The van der Waals surface area contributed by atoms with Crippen molar-refractivity contribution in [1.29, 1.82) is 0 Å². The van der Waals surface area contributed by atoms with Crippen LogP contribution in [-0.2, 0) is 4.74 Å². The minimum Gasteiger partial charge on any atom is -0.348 e. The Balaban J connectivity index is 1.57. The predicted molar refractivity (Wildman–Crippen MR) is 79.8 cm³/mol. The molecule has 24 heavy (non-hydrogen) atoms. The monoisotopic (exact) mass is 337 g/mol. The highest BCUT2D eigenvalue weighted by Crippen LogP contribution is 2.23. The molecule has 1 aliphatic rings. The van der Waals surface area contributed by atoms with Gasteiger partial charge in [-0.25, -0.2) is 15.0 Å². The fourth-order valence-corrected chi connectivity index (χ4v) is 2.72. The summed E-state index contributed by atoms with van der Waals surface area (Å²) >= 11 is 0. The first kappa shape index (κ1) is 16.4. The summed E-state index contributed by atoms with van der Waals surface area (Å²) in [6.07, 6.45) is 8.08. The maximum Gasteiger partial charge on any atom is 0.345 e. The van der Waals surface area contributed by atoms with Crippen molar-refractivity contribution in [2.24, 2.45) is 0 Å². The van der Waals surface area contributed by atoms with Crippen LogP contribution in [0.5, 0.6) is 0 Å². The van der Waals surface area contributed by atoms with Gasteiger partial charge in [-0.05, 0) is 31.7 Å². The molecule has 1 fully saturated rings. The van der Waals surface area contributed by atoms with E-state index in [2.05, 4.69) is 25.0 Å². The molecule has 0 unspecified atom stereocenters. The van der Waals surface area contributed by atoms with Gasteiger partial charge in [0.2, 0.25) is 5.95 Å². The average molecular weight is 337 g/mol. The van der Waals surface area contributed by atoms with Crippen molar-refractivity contribution in [1.82, 2.24) is 24.8 Å². The third kappa shape index (κ3) is 4.10. The number of nitrogens with zero attached hydrogens (tertiary/aromatic N) is 4. The molecule has 0 aromatic carbocycles. The van der Waals surface area contributed by atoms with Gasteiger partial charge in [0.1, 0.15) is 12.0 Å². The Morgan fingerprint density at radius 3 is 2.75 bits per heavy atom. The highest BCUT2D eigenvalue weighted by molar-refractivity contribution is 5.92. The van der Waals surface area contributed by atoms with E-state index in [-0.39, 0.29) is 17.6 Å². The van der Waals surface area contributed by atoms with Crippen LogP contribution in [0.2, 0.25) is 0 Å². The maximum atomic E-state index is 12.3. The van der Waals surface area contributed by atoms with Gasteiger partial charge in [0.15, 0.2) is 0 Å². The van der Waals surface area contributed by atoms with Gasteiger partial charge < -0.3 is 10.1 Å². The third-order valence-corrected chi connectivity index (χ3v) is 3.92. The van der Waals surface area contributed by atoms with Gasteiger partial charge in [0, 0.05) is 24.6 Å². The Morgan fingerprint density at radius 2 is 2.08 bits per heavy atom. The van der Waals surface area contributed by atoms with Crippen molar-refractivity contribution in [3.8, 4) is 5.95 Å². The summed E-state index contributed by atoms with van der Waals surface area (Å²) in [7, 11) is 0. The quantitative estimate of drug-likeness (QED) is 0.902. The number of carbonyl (C=O) groups excluding carboxylic acids is 1. The molecule has 2 aromatic heterocycles. The van der Waals surface area contributed by atoms with Crippen LogP contribution in [0.25, 0.3) is 5.95 Å². The van der Waals surface area contributed by atoms with E-state index in [1.165, 1.54) is 12.3 Å². The molecule has 2 aromatic rings. The summed E-state index contributed by atoms with van der Waals surface area (Å²) in [5.74, 6) is 0.0474. The molecule has 0 radical (unpaired) electrons. The number of nitrogens with one attached hydrogen (secondary N) is 1. The fourth-order valence-electron chi connectivity index (χ4n) is 2.72. The fraction of sp³-hybridized carbons (Fsp3) is 0.467. The van der Waals surface area contributed by atoms with E-state index in [0.29, 0.717) is 31.6 Å². The van der Waals surface area contributed by atoms with Crippen molar-refractivity contribution in [3.63, 3.8) is 0 Å². The number of hydrogen-bond acceptors (Lipinski definition) is 5. The zero-order valence-electron chi connectivity index (χ0n) is 12.8. The summed E-state index contributed by atoms with van der Waals surface area (Å²) in [5.41, 5.74) is 0.250. The number of imidazole rings is 1. The van der Waals surface area contributed by atoms with Crippen molar-refractivity contribution in [2.75, 3.05) is 0 Å². The smallest absolute Gasteiger partial charge is 0.345 e. The molecule has 0 atom stereocenters. The molecular weight excluding hydrogens is 320 g/mol. The Morgan fingerprint density at radius 1 is 1.29 bits per heavy atom. The van der Waals surface area contributed by atoms with Crippen LogP contribution < -0.4 is 5.32 Å². The van der Waals surface area contributed by atoms with E-state index in [0.717, 1.165) is 0 Å². The molecule has 1 amide bonds. The van der Waals surface area contributed by atoms with Crippen LogP contribution in [0.1, 0.15) is 36.2 Å². The van der Waals surface area contributed by atoms with Gasteiger partial charge in [-0.1, -0.05) is 0 Å².